The van der Waals surface area contributed by atoms with Gasteiger partial charge in [0.05, 0.1) is 36.4 Å². The molecule has 1 fully saturated rings. The lowest BCUT2D eigenvalue weighted by molar-refractivity contribution is -0.00342. The summed E-state index contributed by atoms with van der Waals surface area (Å²) in [6.07, 6.45) is -1.16. The summed E-state index contributed by atoms with van der Waals surface area (Å²) in [6, 6.07) is 6.25. The van der Waals surface area contributed by atoms with Crippen LogP contribution in [-0.2, 0) is 13.7 Å². The van der Waals surface area contributed by atoms with Crippen molar-refractivity contribution >= 4 is 55.2 Å². The zero-order valence-electron chi connectivity index (χ0n) is 19.3. The Hall–Kier alpha value is -1.63. The Balaban J connectivity index is 1.56. The Morgan fingerprint density at radius 1 is 1.16 bits per heavy atom. The Morgan fingerprint density at radius 3 is 2.54 bits per heavy atom. The molecular formula is C20H25Cl2N5O8P2. The van der Waals surface area contributed by atoms with E-state index in [4.69, 9.17) is 37.5 Å². The number of benzene rings is 1. The average Bonchev–Trinajstić information content (AvgIpc) is 3.32. The van der Waals surface area contributed by atoms with E-state index in [-0.39, 0.29) is 23.4 Å². The molecule has 0 spiro atoms. The number of nitrogens with zero attached hydrogens (tertiary/aromatic N) is 4. The molecule has 0 amide bonds. The zero-order chi connectivity index (χ0) is 27.1. The Labute approximate surface area is 221 Å². The van der Waals surface area contributed by atoms with E-state index in [1.807, 2.05) is 25.1 Å². The van der Waals surface area contributed by atoms with E-state index in [0.717, 1.165) is 5.56 Å². The van der Waals surface area contributed by atoms with Gasteiger partial charge in [-0.3, -0.25) is 9.13 Å². The van der Waals surface area contributed by atoms with E-state index in [1.54, 1.807) is 6.07 Å². The van der Waals surface area contributed by atoms with Crippen LogP contribution in [0.25, 0.3) is 11.0 Å². The van der Waals surface area contributed by atoms with Crippen LogP contribution in [0.5, 0.6) is 0 Å². The number of rotatable bonds is 9. The van der Waals surface area contributed by atoms with Gasteiger partial charge in [-0.25, -0.2) is 4.68 Å². The van der Waals surface area contributed by atoms with Gasteiger partial charge in [0.1, 0.15) is 11.9 Å². The number of aliphatic hydroxyl groups excluding tert-OH is 2. The van der Waals surface area contributed by atoms with E-state index in [0.29, 0.717) is 16.2 Å². The van der Waals surface area contributed by atoms with Gasteiger partial charge in [-0.15, -0.1) is 0 Å². The molecule has 1 saturated carbocycles. The SMILES string of the molecule is C[C@H](Nc1nc(Cl)nc2c1cnn2[C@@H]1C[C@H](COP(=O)(O)CP(=O)(O)O)[C@@H](O)[C@H]1O)c1ccccc1Cl. The topological polar surface area (TPSA) is 200 Å². The van der Waals surface area contributed by atoms with Gasteiger partial charge in [-0.05, 0) is 36.6 Å². The van der Waals surface area contributed by atoms with Gasteiger partial charge in [0.2, 0.25) is 5.28 Å². The second-order valence-electron chi connectivity index (χ2n) is 8.84. The molecular weight excluding hydrogens is 571 g/mol. The third-order valence-corrected chi connectivity index (χ3v) is 10.1. The van der Waals surface area contributed by atoms with Crippen molar-refractivity contribution in [3.8, 4) is 0 Å². The van der Waals surface area contributed by atoms with Crippen LogP contribution in [0.1, 0.15) is 31.0 Å². The van der Waals surface area contributed by atoms with Crippen molar-refractivity contribution in [1.82, 2.24) is 19.7 Å². The summed E-state index contributed by atoms with van der Waals surface area (Å²) in [5, 5.41) is 29.8. The average molecular weight is 596 g/mol. The minimum atomic E-state index is -4.80. The van der Waals surface area contributed by atoms with Gasteiger partial charge in [-0.2, -0.15) is 15.1 Å². The fraction of sp³-hybridized carbons (Fsp3) is 0.450. The molecule has 6 atom stereocenters. The fourth-order valence-corrected chi connectivity index (χ4v) is 7.43. The number of aliphatic hydroxyl groups is 2. The minimum absolute atomic E-state index is 0.0649. The van der Waals surface area contributed by atoms with Crippen molar-refractivity contribution in [2.24, 2.45) is 5.92 Å². The Morgan fingerprint density at radius 2 is 1.86 bits per heavy atom. The molecule has 17 heteroatoms. The van der Waals surface area contributed by atoms with Crippen LogP contribution in [0.4, 0.5) is 5.82 Å². The van der Waals surface area contributed by atoms with E-state index in [1.165, 1.54) is 10.9 Å². The molecule has 37 heavy (non-hydrogen) atoms. The molecule has 2 heterocycles. The summed E-state index contributed by atoms with van der Waals surface area (Å²) >= 11 is 12.5. The van der Waals surface area contributed by atoms with Gasteiger partial charge in [0, 0.05) is 10.9 Å². The molecule has 1 unspecified atom stereocenters. The molecule has 3 aromatic rings. The molecule has 202 valence electrons. The summed E-state index contributed by atoms with van der Waals surface area (Å²) in [6.45, 7) is 1.38. The Bertz CT molecular complexity index is 1390. The lowest BCUT2D eigenvalue weighted by Crippen LogP contribution is -2.31. The van der Waals surface area contributed by atoms with Crippen molar-refractivity contribution in [3.63, 3.8) is 0 Å². The second kappa shape index (κ2) is 10.9. The summed E-state index contributed by atoms with van der Waals surface area (Å²) in [5.74, 6) is -1.80. The highest BCUT2D eigenvalue weighted by Gasteiger charge is 2.45. The van der Waals surface area contributed by atoms with Crippen molar-refractivity contribution in [1.29, 1.82) is 0 Å². The maximum Gasteiger partial charge on any atom is 0.340 e. The van der Waals surface area contributed by atoms with Crippen molar-refractivity contribution < 1.29 is 38.5 Å². The van der Waals surface area contributed by atoms with Crippen molar-refractivity contribution in [2.45, 2.75) is 37.6 Å². The van der Waals surface area contributed by atoms with E-state index in [9.17, 15) is 24.2 Å². The standard InChI is InChI=1S/C20H25Cl2N5O8P2/c1-10(12-4-2-3-5-14(12)21)24-18-13-7-23-27(19(13)26-20(22)25-18)15-6-11(16(28)17(15)29)8-35-37(33,34)9-36(30,31)32/h2-5,7,10-11,15-17,28-29H,6,8-9H2,1H3,(H,33,34)(H,24,25,26)(H2,30,31,32)/t10-,11+,15+,16+,17-/m0/s1. The van der Waals surface area contributed by atoms with Crippen LogP contribution < -0.4 is 5.32 Å². The van der Waals surface area contributed by atoms with Crippen LogP contribution in [-0.4, -0.2) is 69.4 Å². The van der Waals surface area contributed by atoms with Crippen LogP contribution in [0.15, 0.2) is 30.5 Å². The molecule has 0 saturated heterocycles. The molecule has 0 aliphatic heterocycles. The smallest absolute Gasteiger partial charge is 0.340 e. The Kier molecular flexibility index (Phi) is 8.33. The molecule has 1 aliphatic carbocycles. The first-order valence-corrected chi connectivity index (χ1v) is 15.4. The molecule has 13 nitrogen and oxygen atoms in total. The molecule has 0 bridgehead atoms. The first kappa shape index (κ1) is 28.4. The predicted molar refractivity (Wildman–Crippen MR) is 136 cm³/mol. The molecule has 0 radical (unpaired) electrons. The van der Waals surface area contributed by atoms with Crippen LogP contribution in [0.3, 0.4) is 0 Å². The summed E-state index contributed by atoms with van der Waals surface area (Å²) in [5.41, 5.74) is 1.11. The monoisotopic (exact) mass is 595 g/mol. The van der Waals surface area contributed by atoms with E-state index >= 15 is 0 Å². The number of halogens is 2. The lowest BCUT2D eigenvalue weighted by atomic mass is 10.1. The third-order valence-electron chi connectivity index (χ3n) is 6.09. The third kappa shape index (κ3) is 6.51. The molecule has 1 aliphatic rings. The summed E-state index contributed by atoms with van der Waals surface area (Å²) < 4.78 is 29.3. The maximum absolute atomic E-state index is 12.0. The van der Waals surface area contributed by atoms with Crippen molar-refractivity contribution in [2.75, 3.05) is 17.8 Å². The maximum atomic E-state index is 12.0. The van der Waals surface area contributed by atoms with Gasteiger partial charge in [0.25, 0.3) is 0 Å². The van der Waals surface area contributed by atoms with Crippen LogP contribution >= 0.6 is 38.4 Å². The number of hydrogen-bond acceptors (Lipinski definition) is 9. The number of aromatic nitrogens is 4. The number of anilines is 1. The molecule has 4 rings (SSSR count). The number of nitrogens with one attached hydrogen (secondary N) is 1. The quantitative estimate of drug-likeness (QED) is 0.156. The second-order valence-corrected chi connectivity index (χ2v) is 13.6. The zero-order valence-corrected chi connectivity index (χ0v) is 22.6. The van der Waals surface area contributed by atoms with Crippen LogP contribution in [0, 0.1) is 5.92 Å². The van der Waals surface area contributed by atoms with Gasteiger partial charge in [0.15, 0.2) is 11.6 Å². The summed E-state index contributed by atoms with van der Waals surface area (Å²) in [4.78, 5) is 36.1. The number of fused-ring (bicyclic) bond motifs is 1. The lowest BCUT2D eigenvalue weighted by Gasteiger charge is -2.19. The van der Waals surface area contributed by atoms with Gasteiger partial charge >= 0.3 is 15.2 Å². The highest BCUT2D eigenvalue weighted by atomic mass is 35.5. The minimum Gasteiger partial charge on any atom is -0.390 e. The fourth-order valence-electron chi connectivity index (χ4n) is 4.35. The van der Waals surface area contributed by atoms with E-state index < -0.39 is 51.9 Å². The predicted octanol–water partition coefficient (Wildman–Crippen LogP) is 2.93. The van der Waals surface area contributed by atoms with Gasteiger partial charge < -0.3 is 34.7 Å². The molecule has 6 N–H and O–H groups in total. The largest absolute Gasteiger partial charge is 0.390 e. The van der Waals surface area contributed by atoms with Crippen LogP contribution in [0.2, 0.25) is 10.3 Å². The van der Waals surface area contributed by atoms with Gasteiger partial charge in [-0.1, -0.05) is 29.8 Å². The summed E-state index contributed by atoms with van der Waals surface area (Å²) in [7, 11) is -9.42. The van der Waals surface area contributed by atoms with E-state index in [2.05, 4.69) is 20.4 Å². The highest BCUT2D eigenvalue weighted by Crippen LogP contribution is 2.56. The normalized spacial score (nSPS) is 24.8. The van der Waals surface area contributed by atoms with Crippen molar-refractivity contribution in [3.05, 3.63) is 46.3 Å². The molecule has 1 aromatic carbocycles. The first-order valence-electron chi connectivity index (χ1n) is 11.0. The number of hydrogen-bond donors (Lipinski definition) is 6. The highest BCUT2D eigenvalue weighted by molar-refractivity contribution is 7.70. The first-order chi connectivity index (χ1) is 17.3. The molecule has 2 aromatic heterocycles.